The molecule has 2 rings (SSSR count). The molecule has 2 aromatic carbocycles. The maximum Gasteiger partial charge on any atom is 0.195 e. The van der Waals surface area contributed by atoms with E-state index in [9.17, 15) is 9.18 Å². The van der Waals surface area contributed by atoms with Gasteiger partial charge in [0, 0.05) is 12.1 Å². The number of benzene rings is 2. The molecule has 3 heteroatoms. The van der Waals surface area contributed by atoms with Gasteiger partial charge in [0.2, 0.25) is 0 Å². The van der Waals surface area contributed by atoms with Crippen LogP contribution in [-0.2, 0) is 6.54 Å². The van der Waals surface area contributed by atoms with Gasteiger partial charge in [0.1, 0.15) is 5.82 Å². The Morgan fingerprint density at radius 1 is 1.17 bits per heavy atom. The lowest BCUT2D eigenvalue weighted by Gasteiger charge is -2.05. The number of carbonyl (C=O) groups excluding carboxylic acids is 1. The Labute approximate surface area is 105 Å². The second kappa shape index (κ2) is 5.56. The van der Waals surface area contributed by atoms with Crippen LogP contribution in [0.2, 0.25) is 0 Å². The molecule has 0 unspecified atom stereocenters. The third kappa shape index (κ3) is 2.63. The lowest BCUT2D eigenvalue weighted by atomic mass is 10.0. The second-order valence-corrected chi connectivity index (χ2v) is 4.04. The normalized spacial score (nSPS) is 10.3. The molecule has 0 atom stereocenters. The van der Waals surface area contributed by atoms with Gasteiger partial charge in [-0.1, -0.05) is 30.3 Å². The molecule has 0 aromatic heterocycles. The minimum atomic E-state index is -0.485. The third-order valence-corrected chi connectivity index (χ3v) is 2.69. The fourth-order valence-electron chi connectivity index (χ4n) is 1.83. The molecule has 0 amide bonds. The van der Waals surface area contributed by atoms with Crippen molar-refractivity contribution in [1.29, 1.82) is 0 Å². The molecular weight excluding hydrogens is 229 g/mol. The van der Waals surface area contributed by atoms with Gasteiger partial charge in [-0.05, 0) is 30.8 Å². The molecule has 18 heavy (non-hydrogen) atoms. The quantitative estimate of drug-likeness (QED) is 0.837. The van der Waals surface area contributed by atoms with E-state index in [0.29, 0.717) is 12.1 Å². The molecule has 0 spiro atoms. The van der Waals surface area contributed by atoms with E-state index in [1.54, 1.807) is 30.3 Å². The fourth-order valence-corrected chi connectivity index (χ4v) is 1.83. The molecule has 0 heterocycles. The summed E-state index contributed by atoms with van der Waals surface area (Å²) in [5.41, 5.74) is 1.62. The number of hydrogen-bond donors (Lipinski definition) is 1. The van der Waals surface area contributed by atoms with Gasteiger partial charge in [0.25, 0.3) is 0 Å². The molecule has 92 valence electrons. The number of nitrogens with one attached hydrogen (secondary N) is 1. The van der Waals surface area contributed by atoms with E-state index in [4.69, 9.17) is 0 Å². The van der Waals surface area contributed by atoms with Gasteiger partial charge in [-0.15, -0.1) is 0 Å². The second-order valence-electron chi connectivity index (χ2n) is 4.04. The molecule has 2 aromatic rings. The number of carbonyl (C=O) groups is 1. The van der Waals surface area contributed by atoms with Crippen LogP contribution in [0.3, 0.4) is 0 Å². The maximum atomic E-state index is 13.5. The van der Waals surface area contributed by atoms with Crippen LogP contribution in [0, 0.1) is 5.82 Å². The van der Waals surface area contributed by atoms with Crippen molar-refractivity contribution in [3.63, 3.8) is 0 Å². The molecular formula is C15H14FNO. The van der Waals surface area contributed by atoms with E-state index in [0.717, 1.165) is 5.56 Å². The lowest BCUT2D eigenvalue weighted by molar-refractivity contribution is 0.103. The summed E-state index contributed by atoms with van der Waals surface area (Å²) in [5.74, 6) is -0.771. The summed E-state index contributed by atoms with van der Waals surface area (Å²) in [6.07, 6.45) is 0. The van der Waals surface area contributed by atoms with E-state index >= 15 is 0 Å². The summed E-state index contributed by atoms with van der Waals surface area (Å²) in [7, 11) is 1.84. The molecule has 0 aliphatic rings. The minimum Gasteiger partial charge on any atom is -0.316 e. The van der Waals surface area contributed by atoms with E-state index in [2.05, 4.69) is 5.32 Å². The van der Waals surface area contributed by atoms with Crippen molar-refractivity contribution in [2.45, 2.75) is 6.54 Å². The van der Waals surface area contributed by atoms with Crippen LogP contribution in [0.4, 0.5) is 4.39 Å². The highest BCUT2D eigenvalue weighted by molar-refractivity contribution is 6.09. The largest absolute Gasteiger partial charge is 0.316 e. The summed E-state index contributed by atoms with van der Waals surface area (Å²) in [6.45, 7) is 0.679. The maximum absolute atomic E-state index is 13.5. The van der Waals surface area contributed by atoms with Crippen LogP contribution in [0.15, 0.2) is 48.5 Å². The number of ketones is 1. The van der Waals surface area contributed by atoms with E-state index < -0.39 is 5.82 Å². The van der Waals surface area contributed by atoms with Crippen LogP contribution >= 0.6 is 0 Å². The lowest BCUT2D eigenvalue weighted by Crippen LogP contribution is -2.08. The predicted molar refractivity (Wildman–Crippen MR) is 69.0 cm³/mol. The highest BCUT2D eigenvalue weighted by Gasteiger charge is 2.13. The predicted octanol–water partition coefficient (Wildman–Crippen LogP) is 2.78. The van der Waals surface area contributed by atoms with Crippen LogP contribution in [0.1, 0.15) is 21.5 Å². The molecule has 0 aliphatic carbocycles. The first-order chi connectivity index (χ1) is 8.72. The average molecular weight is 243 g/mol. The van der Waals surface area contributed by atoms with Crippen LogP contribution < -0.4 is 5.32 Å². The van der Waals surface area contributed by atoms with Gasteiger partial charge >= 0.3 is 0 Å². The zero-order valence-electron chi connectivity index (χ0n) is 10.1. The molecule has 0 aliphatic heterocycles. The topological polar surface area (TPSA) is 29.1 Å². The Morgan fingerprint density at radius 3 is 2.67 bits per heavy atom. The fraction of sp³-hybridized carbons (Fsp3) is 0.133. The SMILES string of the molecule is CNCc1cccc(C(=O)c2ccccc2F)c1. The highest BCUT2D eigenvalue weighted by Crippen LogP contribution is 2.14. The Hall–Kier alpha value is -2.00. The van der Waals surface area contributed by atoms with Gasteiger partial charge < -0.3 is 5.32 Å². The Bertz CT molecular complexity index is 566. The van der Waals surface area contributed by atoms with Crippen LogP contribution in [0.25, 0.3) is 0 Å². The smallest absolute Gasteiger partial charge is 0.195 e. The molecule has 0 saturated heterocycles. The third-order valence-electron chi connectivity index (χ3n) is 2.69. The molecule has 0 fully saturated rings. The molecule has 0 bridgehead atoms. The summed E-state index contributed by atoms with van der Waals surface area (Å²) in [5, 5.41) is 3.02. The summed E-state index contributed by atoms with van der Waals surface area (Å²) in [4.78, 5) is 12.2. The van der Waals surface area contributed by atoms with Crippen molar-refractivity contribution < 1.29 is 9.18 Å². The van der Waals surface area contributed by atoms with Crippen LogP contribution in [0.5, 0.6) is 0 Å². The summed E-state index contributed by atoms with van der Waals surface area (Å²) >= 11 is 0. The Balaban J connectivity index is 2.34. The summed E-state index contributed by atoms with van der Waals surface area (Å²) in [6, 6.07) is 13.2. The first kappa shape index (κ1) is 12.5. The molecule has 1 N–H and O–H groups in total. The number of halogens is 1. The van der Waals surface area contributed by atoms with Crippen LogP contribution in [-0.4, -0.2) is 12.8 Å². The highest BCUT2D eigenvalue weighted by atomic mass is 19.1. The standard InChI is InChI=1S/C15H14FNO/c1-17-10-11-5-4-6-12(9-11)15(18)13-7-2-3-8-14(13)16/h2-9,17H,10H2,1H3. The van der Waals surface area contributed by atoms with Crippen molar-refractivity contribution in [3.8, 4) is 0 Å². The zero-order valence-corrected chi connectivity index (χ0v) is 10.1. The Morgan fingerprint density at radius 2 is 1.94 bits per heavy atom. The molecule has 0 radical (unpaired) electrons. The van der Waals surface area contributed by atoms with Gasteiger partial charge in [-0.2, -0.15) is 0 Å². The number of hydrogen-bond acceptors (Lipinski definition) is 2. The minimum absolute atomic E-state index is 0.110. The van der Waals surface area contributed by atoms with E-state index in [1.165, 1.54) is 12.1 Å². The van der Waals surface area contributed by atoms with Crippen molar-refractivity contribution in [2.24, 2.45) is 0 Å². The van der Waals surface area contributed by atoms with Crippen molar-refractivity contribution >= 4 is 5.78 Å². The van der Waals surface area contributed by atoms with E-state index in [1.807, 2.05) is 13.1 Å². The first-order valence-electron chi connectivity index (χ1n) is 5.75. The van der Waals surface area contributed by atoms with Gasteiger partial charge in [-0.3, -0.25) is 4.79 Å². The summed E-state index contributed by atoms with van der Waals surface area (Å²) < 4.78 is 13.5. The van der Waals surface area contributed by atoms with Gasteiger partial charge in [0.15, 0.2) is 5.78 Å². The van der Waals surface area contributed by atoms with Gasteiger partial charge in [-0.25, -0.2) is 4.39 Å². The molecule has 0 saturated carbocycles. The first-order valence-corrected chi connectivity index (χ1v) is 5.75. The zero-order chi connectivity index (χ0) is 13.0. The average Bonchev–Trinajstić information content (AvgIpc) is 2.39. The van der Waals surface area contributed by atoms with E-state index in [-0.39, 0.29) is 11.3 Å². The molecule has 2 nitrogen and oxygen atoms in total. The van der Waals surface area contributed by atoms with Gasteiger partial charge in [0.05, 0.1) is 5.56 Å². The van der Waals surface area contributed by atoms with Crippen molar-refractivity contribution in [2.75, 3.05) is 7.05 Å². The van der Waals surface area contributed by atoms with Crippen molar-refractivity contribution in [1.82, 2.24) is 5.32 Å². The number of rotatable bonds is 4. The van der Waals surface area contributed by atoms with Crippen molar-refractivity contribution in [3.05, 3.63) is 71.0 Å². The monoisotopic (exact) mass is 243 g/mol. The Kier molecular flexibility index (Phi) is 3.85.